The van der Waals surface area contributed by atoms with Crippen LogP contribution in [0.25, 0.3) is 0 Å². The van der Waals surface area contributed by atoms with Crippen LogP contribution in [0.1, 0.15) is 20.8 Å². The molecule has 18 heavy (non-hydrogen) atoms. The Bertz CT molecular complexity index is 427. The van der Waals surface area contributed by atoms with Gasteiger partial charge in [0.05, 0.1) is 17.0 Å². The molecule has 0 aromatic rings. The van der Waals surface area contributed by atoms with Gasteiger partial charge in [0.1, 0.15) is 0 Å². The van der Waals surface area contributed by atoms with Crippen LogP contribution in [0, 0.1) is 0 Å². The van der Waals surface area contributed by atoms with Gasteiger partial charge < -0.3 is 10.2 Å². The van der Waals surface area contributed by atoms with Crippen molar-refractivity contribution in [2.75, 3.05) is 31.9 Å². The van der Waals surface area contributed by atoms with Crippen molar-refractivity contribution in [3.05, 3.63) is 12.7 Å². The molecule has 104 valence electrons. The van der Waals surface area contributed by atoms with Gasteiger partial charge in [-0.25, -0.2) is 13.4 Å². The fourth-order valence-electron chi connectivity index (χ4n) is 1.90. The predicted molar refractivity (Wildman–Crippen MR) is 75.6 cm³/mol. The van der Waals surface area contributed by atoms with Gasteiger partial charge in [0, 0.05) is 19.6 Å². The van der Waals surface area contributed by atoms with E-state index in [1.54, 1.807) is 19.9 Å². The summed E-state index contributed by atoms with van der Waals surface area (Å²) in [6.45, 7) is 11.4. The van der Waals surface area contributed by atoms with E-state index >= 15 is 0 Å². The molecule has 6 heteroatoms. The average Bonchev–Trinajstić information content (AvgIpc) is 2.28. The normalized spacial score (nSPS) is 22.6. The number of aliphatic imine (C=N–C) groups is 1. The number of guanidine groups is 1. The van der Waals surface area contributed by atoms with E-state index in [1.807, 2.05) is 11.8 Å². The van der Waals surface area contributed by atoms with Gasteiger partial charge in [-0.2, -0.15) is 0 Å². The maximum Gasteiger partial charge on any atom is 0.194 e. The molecule has 1 rings (SSSR count). The first-order valence-electron chi connectivity index (χ1n) is 6.20. The van der Waals surface area contributed by atoms with Crippen LogP contribution in [0.2, 0.25) is 0 Å². The molecule has 1 saturated heterocycles. The largest absolute Gasteiger partial charge is 0.357 e. The summed E-state index contributed by atoms with van der Waals surface area (Å²) in [6.07, 6.45) is 1.73. The van der Waals surface area contributed by atoms with Crippen molar-refractivity contribution < 1.29 is 8.42 Å². The van der Waals surface area contributed by atoms with Crippen molar-refractivity contribution >= 4 is 15.8 Å². The molecular weight excluding hydrogens is 250 g/mol. The Kier molecular flexibility index (Phi) is 4.78. The van der Waals surface area contributed by atoms with E-state index in [4.69, 9.17) is 0 Å². The third kappa shape index (κ3) is 3.25. The number of nitrogens with one attached hydrogen (secondary N) is 1. The Morgan fingerprint density at radius 2 is 2.22 bits per heavy atom. The fourth-order valence-corrected chi connectivity index (χ4v) is 3.27. The van der Waals surface area contributed by atoms with Gasteiger partial charge in [-0.1, -0.05) is 6.08 Å². The summed E-state index contributed by atoms with van der Waals surface area (Å²) < 4.78 is 23.2. The molecule has 0 radical (unpaired) electrons. The monoisotopic (exact) mass is 273 g/mol. The zero-order valence-corrected chi connectivity index (χ0v) is 12.3. The van der Waals surface area contributed by atoms with E-state index in [0.717, 1.165) is 12.5 Å². The van der Waals surface area contributed by atoms with E-state index in [9.17, 15) is 8.42 Å². The first-order chi connectivity index (χ1) is 8.34. The number of sulfone groups is 1. The van der Waals surface area contributed by atoms with Crippen LogP contribution >= 0.6 is 0 Å². The van der Waals surface area contributed by atoms with Gasteiger partial charge in [-0.3, -0.25) is 0 Å². The van der Waals surface area contributed by atoms with E-state index in [0.29, 0.717) is 19.6 Å². The Labute approximate surface area is 110 Å². The van der Waals surface area contributed by atoms with E-state index in [2.05, 4.69) is 16.9 Å². The molecule has 1 aliphatic rings. The maximum absolute atomic E-state index is 11.9. The Hall–Kier alpha value is -1.04. The van der Waals surface area contributed by atoms with E-state index in [1.165, 1.54) is 0 Å². The van der Waals surface area contributed by atoms with E-state index in [-0.39, 0.29) is 5.75 Å². The van der Waals surface area contributed by atoms with Crippen LogP contribution < -0.4 is 5.32 Å². The first-order valence-corrected chi connectivity index (χ1v) is 7.86. The molecule has 0 spiro atoms. The van der Waals surface area contributed by atoms with Crippen LogP contribution in [0.3, 0.4) is 0 Å². The van der Waals surface area contributed by atoms with Crippen LogP contribution in [0.4, 0.5) is 0 Å². The lowest BCUT2D eigenvalue weighted by molar-refractivity contribution is 0.354. The SMILES string of the molecule is C=CCN=C(NCC)N1CCS(=O)(=O)C(C)(C)C1. The molecular formula is C12H23N3O2S. The number of rotatable bonds is 3. The summed E-state index contributed by atoms with van der Waals surface area (Å²) in [4.78, 5) is 6.40. The molecule has 0 unspecified atom stereocenters. The lowest BCUT2D eigenvalue weighted by Gasteiger charge is -2.39. The van der Waals surface area contributed by atoms with Crippen LogP contribution in [0.15, 0.2) is 17.6 Å². The molecule has 1 fully saturated rings. The summed E-state index contributed by atoms with van der Waals surface area (Å²) in [6, 6.07) is 0. The second kappa shape index (κ2) is 5.73. The van der Waals surface area contributed by atoms with Gasteiger partial charge in [-0.05, 0) is 20.8 Å². The smallest absolute Gasteiger partial charge is 0.194 e. The minimum atomic E-state index is -3.01. The number of nitrogens with zero attached hydrogens (tertiary/aromatic N) is 2. The predicted octanol–water partition coefficient (Wildman–Crippen LogP) is 0.647. The molecule has 0 amide bonds. The third-order valence-electron chi connectivity index (χ3n) is 3.05. The lowest BCUT2D eigenvalue weighted by Crippen LogP contribution is -2.57. The summed E-state index contributed by atoms with van der Waals surface area (Å²) >= 11 is 0. The molecule has 0 atom stereocenters. The average molecular weight is 273 g/mol. The minimum Gasteiger partial charge on any atom is -0.357 e. The summed E-state index contributed by atoms with van der Waals surface area (Å²) in [7, 11) is -3.01. The minimum absolute atomic E-state index is 0.179. The molecule has 1 aliphatic heterocycles. The van der Waals surface area contributed by atoms with Crippen molar-refractivity contribution in [1.82, 2.24) is 10.2 Å². The molecule has 0 aromatic carbocycles. The Morgan fingerprint density at radius 1 is 1.56 bits per heavy atom. The lowest BCUT2D eigenvalue weighted by atomic mass is 10.2. The summed E-state index contributed by atoms with van der Waals surface area (Å²) in [5.74, 6) is 0.943. The third-order valence-corrected chi connectivity index (χ3v) is 5.58. The van der Waals surface area contributed by atoms with Gasteiger partial charge in [-0.15, -0.1) is 6.58 Å². The van der Waals surface area contributed by atoms with Crippen LogP contribution in [-0.4, -0.2) is 56.0 Å². The second-order valence-corrected chi connectivity index (χ2v) is 7.73. The zero-order chi connectivity index (χ0) is 13.8. The van der Waals surface area contributed by atoms with Gasteiger partial charge in [0.25, 0.3) is 0 Å². The van der Waals surface area contributed by atoms with Crippen molar-refractivity contribution in [1.29, 1.82) is 0 Å². The number of hydrogen-bond acceptors (Lipinski definition) is 3. The Balaban J connectivity index is 2.87. The molecule has 0 aromatic heterocycles. The van der Waals surface area contributed by atoms with Crippen LogP contribution in [-0.2, 0) is 9.84 Å². The van der Waals surface area contributed by atoms with E-state index < -0.39 is 14.6 Å². The van der Waals surface area contributed by atoms with Gasteiger partial charge in [0.15, 0.2) is 15.8 Å². The second-order valence-electron chi connectivity index (χ2n) is 4.98. The zero-order valence-electron chi connectivity index (χ0n) is 11.4. The van der Waals surface area contributed by atoms with Crippen molar-refractivity contribution in [3.63, 3.8) is 0 Å². The highest BCUT2D eigenvalue weighted by atomic mass is 32.2. The standard InChI is InChI=1S/C12H23N3O2S/c1-5-7-14-11(13-6-2)15-8-9-18(16,17)12(3,4)10-15/h5H,1,6-10H2,2-4H3,(H,13,14). The van der Waals surface area contributed by atoms with Gasteiger partial charge in [0.2, 0.25) is 0 Å². The molecule has 1 N–H and O–H groups in total. The highest BCUT2D eigenvalue weighted by Crippen LogP contribution is 2.23. The molecule has 5 nitrogen and oxygen atoms in total. The first kappa shape index (κ1) is 15.0. The topological polar surface area (TPSA) is 61.8 Å². The molecule has 0 aliphatic carbocycles. The highest BCUT2D eigenvalue weighted by Gasteiger charge is 2.40. The van der Waals surface area contributed by atoms with Crippen LogP contribution in [0.5, 0.6) is 0 Å². The maximum atomic E-state index is 11.9. The molecule has 0 saturated carbocycles. The van der Waals surface area contributed by atoms with Crippen molar-refractivity contribution in [2.45, 2.75) is 25.5 Å². The summed E-state index contributed by atoms with van der Waals surface area (Å²) in [5.41, 5.74) is 0. The Morgan fingerprint density at radius 3 is 2.72 bits per heavy atom. The molecule has 0 bridgehead atoms. The molecule has 1 heterocycles. The van der Waals surface area contributed by atoms with Crippen molar-refractivity contribution in [2.24, 2.45) is 4.99 Å². The van der Waals surface area contributed by atoms with Gasteiger partial charge >= 0.3 is 0 Å². The quantitative estimate of drug-likeness (QED) is 0.466. The fraction of sp³-hybridized carbons (Fsp3) is 0.750. The van der Waals surface area contributed by atoms with Crippen molar-refractivity contribution in [3.8, 4) is 0 Å². The number of hydrogen-bond donors (Lipinski definition) is 1. The summed E-state index contributed by atoms with van der Waals surface area (Å²) in [5, 5.41) is 3.19. The highest BCUT2D eigenvalue weighted by molar-refractivity contribution is 7.92.